The number of amides is 1. The maximum atomic E-state index is 12.3. The molecule has 2 aromatic rings. The van der Waals surface area contributed by atoms with Crippen LogP contribution in [0.2, 0.25) is 0 Å². The van der Waals surface area contributed by atoms with Crippen LogP contribution >= 0.6 is 0 Å². The lowest BCUT2D eigenvalue weighted by molar-refractivity contribution is -0.142. The van der Waals surface area contributed by atoms with Gasteiger partial charge >= 0.3 is 6.18 Å². The van der Waals surface area contributed by atoms with Gasteiger partial charge in [-0.15, -0.1) is 0 Å². The first kappa shape index (κ1) is 17.2. The molecule has 1 saturated heterocycles. The van der Waals surface area contributed by atoms with Gasteiger partial charge < -0.3 is 14.8 Å². The number of carbonyl (C=O) groups is 1. The number of aromatic nitrogens is 3. The normalized spacial score (nSPS) is 17.5. The lowest BCUT2D eigenvalue weighted by atomic mass is 10.2. The summed E-state index contributed by atoms with van der Waals surface area (Å²) in [6.07, 6.45) is -1.18. The zero-order valence-electron chi connectivity index (χ0n) is 13.0. The Labute approximate surface area is 140 Å². The smallest absolute Gasteiger partial charge is 0.408 e. The van der Waals surface area contributed by atoms with E-state index in [0.29, 0.717) is 17.9 Å². The van der Waals surface area contributed by atoms with Crippen molar-refractivity contribution < 1.29 is 27.4 Å². The van der Waals surface area contributed by atoms with E-state index in [1.165, 1.54) is 24.4 Å². The predicted molar refractivity (Wildman–Crippen MR) is 80.3 cm³/mol. The molecule has 0 radical (unpaired) electrons. The summed E-state index contributed by atoms with van der Waals surface area (Å²) in [5.41, 5.74) is 0.259. The molecule has 134 valence electrons. The van der Waals surface area contributed by atoms with Crippen molar-refractivity contribution in [1.29, 1.82) is 0 Å². The van der Waals surface area contributed by atoms with Crippen molar-refractivity contribution in [2.24, 2.45) is 0 Å². The molecule has 3 rings (SSSR count). The molecule has 1 aliphatic rings. The van der Waals surface area contributed by atoms with Gasteiger partial charge in [0, 0.05) is 36.5 Å². The molecule has 7 nitrogen and oxygen atoms in total. The molecule has 1 unspecified atom stereocenters. The lowest BCUT2D eigenvalue weighted by Gasteiger charge is -2.11. The number of carbonyl (C=O) groups excluding carboxylic acids is 1. The highest BCUT2D eigenvalue weighted by atomic mass is 19.4. The van der Waals surface area contributed by atoms with Gasteiger partial charge in [0.2, 0.25) is 5.88 Å². The predicted octanol–water partition coefficient (Wildman–Crippen LogP) is 2.26. The van der Waals surface area contributed by atoms with E-state index in [0.717, 1.165) is 12.6 Å². The first-order chi connectivity index (χ1) is 11.9. The van der Waals surface area contributed by atoms with E-state index in [2.05, 4.69) is 15.4 Å². The minimum Gasteiger partial charge on any atom is -0.472 e. The third-order valence-corrected chi connectivity index (χ3v) is 3.40. The van der Waals surface area contributed by atoms with E-state index < -0.39 is 18.6 Å². The molecule has 1 fully saturated rings. The minimum absolute atomic E-state index is 0.0257. The SMILES string of the molecule is O=C(Nc1ccn(CC(F)(F)F)n1)c1ccnc(OC2CCOC2)c1. The molecule has 2 aromatic heterocycles. The zero-order valence-corrected chi connectivity index (χ0v) is 13.0. The van der Waals surface area contributed by atoms with E-state index in [1.807, 2.05) is 0 Å². The summed E-state index contributed by atoms with van der Waals surface area (Å²) in [7, 11) is 0. The highest BCUT2D eigenvalue weighted by Gasteiger charge is 2.28. The molecule has 1 aliphatic heterocycles. The van der Waals surface area contributed by atoms with E-state index in [1.54, 1.807) is 0 Å². The maximum Gasteiger partial charge on any atom is 0.408 e. The number of hydrogen-bond acceptors (Lipinski definition) is 5. The first-order valence-electron chi connectivity index (χ1n) is 7.51. The lowest BCUT2D eigenvalue weighted by Crippen LogP contribution is -2.19. The third kappa shape index (κ3) is 4.92. The van der Waals surface area contributed by atoms with Crippen LogP contribution < -0.4 is 10.1 Å². The average Bonchev–Trinajstić information content (AvgIpc) is 3.18. The molecule has 10 heteroatoms. The van der Waals surface area contributed by atoms with Gasteiger partial charge in [-0.1, -0.05) is 0 Å². The molecule has 0 saturated carbocycles. The Hall–Kier alpha value is -2.62. The topological polar surface area (TPSA) is 78.3 Å². The van der Waals surface area contributed by atoms with Crippen molar-refractivity contribution in [2.75, 3.05) is 18.5 Å². The van der Waals surface area contributed by atoms with Crippen LogP contribution in [-0.4, -0.2) is 46.2 Å². The number of nitrogens with one attached hydrogen (secondary N) is 1. The molecule has 0 spiro atoms. The van der Waals surface area contributed by atoms with E-state index in [4.69, 9.17) is 9.47 Å². The number of halogens is 3. The monoisotopic (exact) mass is 356 g/mol. The molecular weight excluding hydrogens is 341 g/mol. The molecule has 0 bridgehead atoms. The molecule has 0 aliphatic carbocycles. The standard InChI is InChI=1S/C15H15F3N4O3/c16-15(17,18)9-22-5-2-12(21-22)20-14(23)10-1-4-19-13(7-10)25-11-3-6-24-8-11/h1-2,4-5,7,11H,3,6,8-9H2,(H,20,21,23). The Morgan fingerprint density at radius 3 is 3.00 bits per heavy atom. The Morgan fingerprint density at radius 1 is 1.44 bits per heavy atom. The summed E-state index contributed by atoms with van der Waals surface area (Å²) in [4.78, 5) is 16.2. The number of anilines is 1. The second-order valence-corrected chi connectivity index (χ2v) is 5.45. The van der Waals surface area contributed by atoms with Crippen molar-refractivity contribution in [3.05, 3.63) is 36.2 Å². The van der Waals surface area contributed by atoms with Gasteiger partial charge in [-0.25, -0.2) is 4.98 Å². The van der Waals surface area contributed by atoms with Gasteiger partial charge in [-0.3, -0.25) is 9.48 Å². The molecule has 1 N–H and O–H groups in total. The quantitative estimate of drug-likeness (QED) is 0.889. The van der Waals surface area contributed by atoms with Gasteiger partial charge in [0.25, 0.3) is 5.91 Å². The Balaban J connectivity index is 1.63. The molecular formula is C15H15F3N4O3. The maximum absolute atomic E-state index is 12.3. The van der Waals surface area contributed by atoms with Crippen LogP contribution in [0.4, 0.5) is 19.0 Å². The van der Waals surface area contributed by atoms with Crippen LogP contribution in [0.3, 0.4) is 0 Å². The highest BCUT2D eigenvalue weighted by molar-refractivity contribution is 6.03. The van der Waals surface area contributed by atoms with Crippen LogP contribution in [0.1, 0.15) is 16.8 Å². The van der Waals surface area contributed by atoms with Crippen molar-refractivity contribution in [2.45, 2.75) is 25.2 Å². The zero-order chi connectivity index (χ0) is 17.9. The van der Waals surface area contributed by atoms with Crippen molar-refractivity contribution >= 4 is 11.7 Å². The fraction of sp³-hybridized carbons (Fsp3) is 0.400. The summed E-state index contributed by atoms with van der Waals surface area (Å²) in [5, 5.41) is 6.11. The highest BCUT2D eigenvalue weighted by Crippen LogP contribution is 2.19. The number of hydrogen-bond donors (Lipinski definition) is 1. The summed E-state index contributed by atoms with van der Waals surface area (Å²) >= 11 is 0. The van der Waals surface area contributed by atoms with Gasteiger partial charge in [0.15, 0.2) is 5.82 Å². The molecule has 1 amide bonds. The van der Waals surface area contributed by atoms with Crippen LogP contribution in [-0.2, 0) is 11.3 Å². The number of pyridine rings is 1. The molecule has 25 heavy (non-hydrogen) atoms. The number of nitrogens with zero attached hydrogens (tertiary/aromatic N) is 3. The van der Waals surface area contributed by atoms with Crippen molar-refractivity contribution in [3.63, 3.8) is 0 Å². The summed E-state index contributed by atoms with van der Waals surface area (Å²) in [6.45, 7) is -0.139. The molecule has 0 aromatic carbocycles. The Kier molecular flexibility index (Phi) is 4.88. The summed E-state index contributed by atoms with van der Waals surface area (Å²) in [6, 6.07) is 4.22. The summed E-state index contributed by atoms with van der Waals surface area (Å²) < 4.78 is 48.5. The van der Waals surface area contributed by atoms with E-state index >= 15 is 0 Å². The van der Waals surface area contributed by atoms with Gasteiger partial charge in [-0.05, 0) is 6.07 Å². The first-order valence-corrected chi connectivity index (χ1v) is 7.51. The second-order valence-electron chi connectivity index (χ2n) is 5.45. The fourth-order valence-electron chi connectivity index (χ4n) is 2.28. The number of rotatable bonds is 5. The second kappa shape index (κ2) is 7.09. The van der Waals surface area contributed by atoms with E-state index in [-0.39, 0.29) is 23.4 Å². The molecule has 1 atom stereocenters. The van der Waals surface area contributed by atoms with Gasteiger partial charge in [-0.2, -0.15) is 18.3 Å². The average molecular weight is 356 g/mol. The Bertz CT molecular complexity index is 742. The largest absolute Gasteiger partial charge is 0.472 e. The van der Waals surface area contributed by atoms with Crippen LogP contribution in [0.15, 0.2) is 30.6 Å². The fourth-order valence-corrected chi connectivity index (χ4v) is 2.28. The minimum atomic E-state index is -4.38. The van der Waals surface area contributed by atoms with Crippen LogP contribution in [0, 0.1) is 0 Å². The Morgan fingerprint density at radius 2 is 2.28 bits per heavy atom. The van der Waals surface area contributed by atoms with Crippen molar-refractivity contribution in [3.8, 4) is 5.88 Å². The van der Waals surface area contributed by atoms with Crippen LogP contribution in [0.25, 0.3) is 0 Å². The number of ether oxygens (including phenoxy) is 2. The van der Waals surface area contributed by atoms with Gasteiger partial charge in [0.1, 0.15) is 12.6 Å². The third-order valence-electron chi connectivity index (χ3n) is 3.40. The molecule has 3 heterocycles. The van der Waals surface area contributed by atoms with E-state index in [9.17, 15) is 18.0 Å². The van der Waals surface area contributed by atoms with Gasteiger partial charge in [0.05, 0.1) is 13.2 Å². The number of alkyl halides is 3. The van der Waals surface area contributed by atoms with Crippen molar-refractivity contribution in [1.82, 2.24) is 14.8 Å². The van der Waals surface area contributed by atoms with Crippen LogP contribution in [0.5, 0.6) is 5.88 Å². The summed E-state index contributed by atoms with van der Waals surface area (Å²) in [5.74, 6) is -0.212.